The summed E-state index contributed by atoms with van der Waals surface area (Å²) < 4.78 is 10.3. The van der Waals surface area contributed by atoms with E-state index in [4.69, 9.17) is 14.6 Å². The second-order valence-corrected chi connectivity index (χ2v) is 5.78. The first-order valence-corrected chi connectivity index (χ1v) is 6.80. The average Bonchev–Trinajstić information content (AvgIpc) is 2.33. The minimum absolute atomic E-state index is 0.342. The topological polar surface area (TPSA) is 88.1 Å². The minimum atomic E-state index is -1.05. The van der Waals surface area contributed by atoms with E-state index in [1.807, 2.05) is 0 Å². The van der Waals surface area contributed by atoms with Crippen molar-refractivity contribution in [2.24, 2.45) is 0 Å². The molecule has 7 heteroatoms. The molecule has 1 rings (SSSR count). The van der Waals surface area contributed by atoms with Crippen molar-refractivity contribution in [1.29, 1.82) is 0 Å². The molecule has 20 heavy (non-hydrogen) atoms. The Balaban J connectivity index is 2.39. The number of carboxylic acids is 1. The van der Waals surface area contributed by atoms with Crippen LogP contribution in [0.25, 0.3) is 0 Å². The molecule has 1 heterocycles. The summed E-state index contributed by atoms with van der Waals surface area (Å²) in [4.78, 5) is 24.9. The number of hydrogen-bond acceptors (Lipinski definition) is 5. The van der Waals surface area contributed by atoms with Crippen LogP contribution in [0.5, 0.6) is 0 Å². The van der Waals surface area contributed by atoms with Crippen LogP contribution >= 0.6 is 0 Å². The van der Waals surface area contributed by atoms with Crippen LogP contribution in [-0.4, -0.2) is 66.6 Å². The highest BCUT2D eigenvalue weighted by molar-refractivity contribution is 5.79. The van der Waals surface area contributed by atoms with Crippen LogP contribution in [-0.2, 0) is 14.3 Å². The number of ether oxygens (including phenoxy) is 2. The van der Waals surface area contributed by atoms with Gasteiger partial charge in [-0.3, -0.25) is 4.90 Å². The van der Waals surface area contributed by atoms with Gasteiger partial charge in [-0.05, 0) is 27.2 Å². The van der Waals surface area contributed by atoms with E-state index in [-0.39, 0.29) is 0 Å². The smallest absolute Gasteiger partial charge is 0.408 e. The highest BCUT2D eigenvalue weighted by Gasteiger charge is 2.24. The molecule has 116 valence electrons. The SMILES string of the molecule is CC(C)(C)OC(=O)N[C@@H](CCN1CCOCC1)C(=O)O. The van der Waals surface area contributed by atoms with Gasteiger partial charge in [0, 0.05) is 19.6 Å². The number of nitrogens with one attached hydrogen (secondary N) is 1. The molecule has 1 atom stereocenters. The standard InChI is InChI=1S/C13H24N2O5/c1-13(2,3)20-12(18)14-10(11(16)17)4-5-15-6-8-19-9-7-15/h10H,4-9H2,1-3H3,(H,14,18)(H,16,17)/t10-/m0/s1. The van der Waals surface area contributed by atoms with Gasteiger partial charge in [-0.25, -0.2) is 9.59 Å². The summed E-state index contributed by atoms with van der Waals surface area (Å²) in [7, 11) is 0. The predicted octanol–water partition coefficient (Wildman–Crippen LogP) is 0.687. The Morgan fingerprint density at radius 1 is 1.35 bits per heavy atom. The first kappa shape index (κ1) is 16.7. The molecule has 0 aromatic rings. The highest BCUT2D eigenvalue weighted by atomic mass is 16.6. The number of carbonyl (C=O) groups excluding carboxylic acids is 1. The van der Waals surface area contributed by atoms with Crippen LogP contribution in [0.3, 0.4) is 0 Å². The van der Waals surface area contributed by atoms with E-state index in [0.29, 0.717) is 26.2 Å². The fourth-order valence-corrected chi connectivity index (χ4v) is 1.84. The molecule has 1 fully saturated rings. The maximum atomic E-state index is 11.6. The fourth-order valence-electron chi connectivity index (χ4n) is 1.84. The van der Waals surface area contributed by atoms with Crippen molar-refractivity contribution in [2.45, 2.75) is 38.8 Å². The van der Waals surface area contributed by atoms with Crippen LogP contribution in [0, 0.1) is 0 Å². The zero-order valence-electron chi connectivity index (χ0n) is 12.3. The third-order valence-corrected chi connectivity index (χ3v) is 2.83. The first-order chi connectivity index (χ1) is 9.28. The molecule has 0 unspecified atom stereocenters. The Hall–Kier alpha value is -1.34. The van der Waals surface area contributed by atoms with E-state index >= 15 is 0 Å². The van der Waals surface area contributed by atoms with E-state index in [1.54, 1.807) is 20.8 Å². The Kier molecular flexibility index (Phi) is 6.22. The van der Waals surface area contributed by atoms with E-state index < -0.39 is 23.7 Å². The summed E-state index contributed by atoms with van der Waals surface area (Å²) in [6.45, 7) is 8.71. The Morgan fingerprint density at radius 3 is 2.45 bits per heavy atom. The zero-order valence-corrected chi connectivity index (χ0v) is 12.3. The molecule has 0 radical (unpaired) electrons. The molecule has 1 aliphatic rings. The largest absolute Gasteiger partial charge is 0.480 e. The first-order valence-electron chi connectivity index (χ1n) is 6.80. The van der Waals surface area contributed by atoms with Gasteiger partial charge in [0.15, 0.2) is 0 Å². The number of aliphatic carboxylic acids is 1. The van der Waals surface area contributed by atoms with Crippen molar-refractivity contribution in [2.75, 3.05) is 32.8 Å². The van der Waals surface area contributed by atoms with Crippen LogP contribution in [0.4, 0.5) is 4.79 Å². The van der Waals surface area contributed by atoms with Gasteiger partial charge in [-0.15, -0.1) is 0 Å². The summed E-state index contributed by atoms with van der Waals surface area (Å²) in [5.74, 6) is -1.05. The molecule has 0 aliphatic carbocycles. The number of morpholine rings is 1. The normalized spacial score (nSPS) is 18.4. The molecule has 2 N–H and O–H groups in total. The van der Waals surface area contributed by atoms with Gasteiger partial charge >= 0.3 is 12.1 Å². The van der Waals surface area contributed by atoms with E-state index in [9.17, 15) is 9.59 Å². The number of amides is 1. The van der Waals surface area contributed by atoms with Crippen LogP contribution in [0.1, 0.15) is 27.2 Å². The fraction of sp³-hybridized carbons (Fsp3) is 0.846. The van der Waals surface area contributed by atoms with Gasteiger partial charge < -0.3 is 19.9 Å². The van der Waals surface area contributed by atoms with Gasteiger partial charge in [0.05, 0.1) is 13.2 Å². The lowest BCUT2D eigenvalue weighted by Gasteiger charge is -2.28. The van der Waals surface area contributed by atoms with Gasteiger partial charge in [0.25, 0.3) is 0 Å². The molecule has 1 saturated heterocycles. The Labute approximate surface area is 119 Å². The number of carboxylic acid groups (broad SMARTS) is 1. The third kappa shape index (κ3) is 6.72. The van der Waals surface area contributed by atoms with E-state index in [2.05, 4.69) is 10.2 Å². The van der Waals surface area contributed by atoms with Crippen molar-refractivity contribution < 1.29 is 24.2 Å². The molecule has 0 saturated carbocycles. The molecule has 1 aliphatic heterocycles. The van der Waals surface area contributed by atoms with Crippen LogP contribution in [0.2, 0.25) is 0 Å². The van der Waals surface area contributed by atoms with Crippen LogP contribution < -0.4 is 5.32 Å². The second-order valence-electron chi connectivity index (χ2n) is 5.78. The molecule has 0 aromatic heterocycles. The number of rotatable bonds is 5. The maximum Gasteiger partial charge on any atom is 0.408 e. The lowest BCUT2D eigenvalue weighted by molar-refractivity contribution is -0.139. The van der Waals surface area contributed by atoms with E-state index in [0.717, 1.165) is 13.1 Å². The summed E-state index contributed by atoms with van der Waals surface area (Å²) in [5, 5.41) is 11.5. The minimum Gasteiger partial charge on any atom is -0.480 e. The van der Waals surface area contributed by atoms with Crippen molar-refractivity contribution >= 4 is 12.1 Å². The number of alkyl carbamates (subject to hydrolysis) is 1. The highest BCUT2D eigenvalue weighted by Crippen LogP contribution is 2.08. The van der Waals surface area contributed by atoms with Crippen LogP contribution in [0.15, 0.2) is 0 Å². The quantitative estimate of drug-likeness (QED) is 0.773. The molecule has 0 bridgehead atoms. The molecule has 0 aromatic carbocycles. The average molecular weight is 288 g/mol. The second kappa shape index (κ2) is 7.44. The Bertz CT molecular complexity index is 334. The number of hydrogen-bond donors (Lipinski definition) is 2. The summed E-state index contributed by atoms with van der Waals surface area (Å²) >= 11 is 0. The maximum absolute atomic E-state index is 11.6. The molecular formula is C13H24N2O5. The summed E-state index contributed by atoms with van der Waals surface area (Å²) in [6.07, 6.45) is -0.360. The van der Waals surface area contributed by atoms with Crippen molar-refractivity contribution in [3.05, 3.63) is 0 Å². The van der Waals surface area contributed by atoms with Gasteiger partial charge in [0.2, 0.25) is 0 Å². The monoisotopic (exact) mass is 288 g/mol. The van der Waals surface area contributed by atoms with Gasteiger partial charge in [-0.1, -0.05) is 0 Å². The number of carbonyl (C=O) groups is 2. The van der Waals surface area contributed by atoms with Gasteiger partial charge in [0.1, 0.15) is 11.6 Å². The third-order valence-electron chi connectivity index (χ3n) is 2.83. The van der Waals surface area contributed by atoms with Crippen molar-refractivity contribution in [1.82, 2.24) is 10.2 Å². The zero-order chi connectivity index (χ0) is 15.2. The van der Waals surface area contributed by atoms with Crippen molar-refractivity contribution in [3.63, 3.8) is 0 Å². The summed E-state index contributed by atoms with van der Waals surface area (Å²) in [6, 6.07) is -0.937. The predicted molar refractivity (Wildman–Crippen MR) is 72.7 cm³/mol. The molecule has 0 spiro atoms. The lowest BCUT2D eigenvalue weighted by atomic mass is 10.2. The van der Waals surface area contributed by atoms with Crippen molar-refractivity contribution in [3.8, 4) is 0 Å². The molecular weight excluding hydrogens is 264 g/mol. The summed E-state index contributed by atoms with van der Waals surface area (Å²) in [5.41, 5.74) is -0.642. The Morgan fingerprint density at radius 2 is 1.95 bits per heavy atom. The van der Waals surface area contributed by atoms with E-state index in [1.165, 1.54) is 0 Å². The molecule has 1 amide bonds. The lowest BCUT2D eigenvalue weighted by Crippen LogP contribution is -2.46. The number of nitrogens with zero attached hydrogens (tertiary/aromatic N) is 1. The molecule has 7 nitrogen and oxygen atoms in total. The van der Waals surface area contributed by atoms with Gasteiger partial charge in [-0.2, -0.15) is 0 Å².